The first kappa shape index (κ1) is 12.1. The smallest absolute Gasteiger partial charge is 0.0163 e. The van der Waals surface area contributed by atoms with Crippen LogP contribution in [-0.4, -0.2) is 30.1 Å². The quantitative estimate of drug-likeness (QED) is 0.690. The van der Waals surface area contributed by atoms with Crippen molar-refractivity contribution in [2.45, 2.75) is 52.1 Å². The van der Waals surface area contributed by atoms with Crippen molar-refractivity contribution in [3.8, 4) is 0 Å². The molecule has 0 aromatic carbocycles. The second-order valence-electron chi connectivity index (χ2n) is 6.10. The number of piperidine rings is 1. The van der Waals surface area contributed by atoms with Crippen LogP contribution < -0.4 is 5.73 Å². The van der Waals surface area contributed by atoms with E-state index in [9.17, 15) is 0 Å². The van der Waals surface area contributed by atoms with Crippen molar-refractivity contribution in [1.82, 2.24) is 4.90 Å². The summed E-state index contributed by atoms with van der Waals surface area (Å²) < 4.78 is 0. The van der Waals surface area contributed by atoms with Crippen LogP contribution >= 0.6 is 0 Å². The minimum atomic E-state index is 0.269. The minimum absolute atomic E-state index is 0.269. The highest BCUT2D eigenvalue weighted by Crippen LogP contribution is 2.51. The molecule has 2 aliphatic rings. The molecule has 16 heavy (non-hydrogen) atoms. The molecule has 0 radical (unpaired) electrons. The Morgan fingerprint density at radius 3 is 2.31 bits per heavy atom. The highest BCUT2D eigenvalue weighted by Gasteiger charge is 2.48. The average Bonchev–Trinajstić information content (AvgIpc) is 2.45. The molecule has 1 aliphatic heterocycles. The molecule has 0 bridgehead atoms. The lowest BCUT2D eigenvalue weighted by Gasteiger charge is -2.44. The van der Waals surface area contributed by atoms with E-state index >= 15 is 0 Å². The summed E-state index contributed by atoms with van der Waals surface area (Å²) in [5.41, 5.74) is 8.12. The third-order valence-corrected chi connectivity index (χ3v) is 4.94. The summed E-state index contributed by atoms with van der Waals surface area (Å²) in [4.78, 5) is 2.56. The van der Waals surface area contributed by atoms with Gasteiger partial charge in [-0.05, 0) is 52.1 Å². The third kappa shape index (κ3) is 1.72. The lowest BCUT2D eigenvalue weighted by Crippen LogP contribution is -2.50. The molecule has 2 nitrogen and oxygen atoms in total. The van der Waals surface area contributed by atoms with Gasteiger partial charge in [-0.15, -0.1) is 0 Å². The van der Waals surface area contributed by atoms with Crippen molar-refractivity contribution < 1.29 is 0 Å². The van der Waals surface area contributed by atoms with Gasteiger partial charge in [0, 0.05) is 17.5 Å². The van der Waals surface area contributed by atoms with Crippen LogP contribution in [0.25, 0.3) is 0 Å². The topological polar surface area (TPSA) is 29.3 Å². The van der Waals surface area contributed by atoms with Crippen LogP contribution in [0, 0.1) is 11.3 Å². The Kier molecular flexibility index (Phi) is 3.15. The van der Waals surface area contributed by atoms with Gasteiger partial charge in [-0.2, -0.15) is 0 Å². The molecule has 2 fully saturated rings. The Bertz CT molecular complexity index is 274. The molecule has 2 N–H and O–H groups in total. The molecule has 1 heterocycles. The summed E-state index contributed by atoms with van der Waals surface area (Å²) in [6.07, 6.45) is 3.58. The van der Waals surface area contributed by atoms with Gasteiger partial charge < -0.3 is 10.6 Å². The highest BCUT2D eigenvalue weighted by atomic mass is 15.2. The fraction of sp³-hybridized carbons (Fsp3) is 0.857. The van der Waals surface area contributed by atoms with Crippen molar-refractivity contribution in [3.63, 3.8) is 0 Å². The van der Waals surface area contributed by atoms with E-state index in [0.717, 1.165) is 6.42 Å². The maximum atomic E-state index is 6.42. The molecular formula is C14H26N2. The number of nitrogens with two attached hydrogens (primary N) is 1. The Hall–Kier alpha value is -0.340. The fourth-order valence-corrected chi connectivity index (χ4v) is 3.63. The van der Waals surface area contributed by atoms with E-state index in [1.807, 2.05) is 0 Å². The van der Waals surface area contributed by atoms with E-state index < -0.39 is 0 Å². The van der Waals surface area contributed by atoms with Gasteiger partial charge in [-0.1, -0.05) is 19.1 Å². The zero-order chi connectivity index (χ0) is 11.9. The molecule has 2 rings (SSSR count). The van der Waals surface area contributed by atoms with E-state index in [4.69, 9.17) is 5.73 Å². The summed E-state index contributed by atoms with van der Waals surface area (Å²) in [5, 5.41) is 0. The molecule has 1 saturated carbocycles. The monoisotopic (exact) mass is 222 g/mol. The first-order chi connectivity index (χ1) is 7.47. The standard InChI is InChI=1S/C14H26N2/c1-10(2)16-7-5-14(6-8-16)12(4)9-11(3)13(14)15/h10-11,13H,4-9,15H2,1-3H3/t11?,13-/m1/s1. The average molecular weight is 222 g/mol. The van der Waals surface area contributed by atoms with Crippen LogP contribution in [0.2, 0.25) is 0 Å². The van der Waals surface area contributed by atoms with E-state index in [0.29, 0.717) is 18.0 Å². The normalized spacial score (nSPS) is 35.2. The maximum Gasteiger partial charge on any atom is 0.0163 e. The Morgan fingerprint density at radius 2 is 1.94 bits per heavy atom. The third-order valence-electron chi connectivity index (χ3n) is 4.94. The van der Waals surface area contributed by atoms with Gasteiger partial charge in [0.05, 0.1) is 0 Å². The Balaban J connectivity index is 2.09. The number of nitrogens with zero attached hydrogens (tertiary/aromatic N) is 1. The maximum absolute atomic E-state index is 6.42. The highest BCUT2D eigenvalue weighted by molar-refractivity contribution is 5.23. The zero-order valence-electron chi connectivity index (χ0n) is 11.0. The van der Waals surface area contributed by atoms with Crippen molar-refractivity contribution in [3.05, 3.63) is 12.2 Å². The molecule has 0 aromatic heterocycles. The summed E-state index contributed by atoms with van der Waals surface area (Å²) in [7, 11) is 0. The number of likely N-dealkylation sites (tertiary alicyclic amines) is 1. The Morgan fingerprint density at radius 1 is 1.38 bits per heavy atom. The zero-order valence-corrected chi connectivity index (χ0v) is 11.0. The van der Waals surface area contributed by atoms with Crippen molar-refractivity contribution in [1.29, 1.82) is 0 Å². The lowest BCUT2D eigenvalue weighted by atomic mass is 9.71. The number of hydrogen-bond donors (Lipinski definition) is 1. The first-order valence-electron chi connectivity index (χ1n) is 6.65. The summed E-state index contributed by atoms with van der Waals surface area (Å²) >= 11 is 0. The molecule has 0 amide bonds. The van der Waals surface area contributed by atoms with Crippen LogP contribution in [0.5, 0.6) is 0 Å². The molecule has 1 unspecified atom stereocenters. The molecule has 1 aliphatic carbocycles. The van der Waals surface area contributed by atoms with Gasteiger partial charge in [0.2, 0.25) is 0 Å². The molecule has 1 spiro atoms. The molecule has 1 saturated heterocycles. The molecule has 2 atom stereocenters. The van der Waals surface area contributed by atoms with Crippen molar-refractivity contribution in [2.24, 2.45) is 17.1 Å². The van der Waals surface area contributed by atoms with Crippen molar-refractivity contribution >= 4 is 0 Å². The van der Waals surface area contributed by atoms with E-state index in [1.165, 1.54) is 31.5 Å². The lowest BCUT2D eigenvalue weighted by molar-refractivity contribution is 0.0936. The number of hydrogen-bond acceptors (Lipinski definition) is 2. The molecule has 92 valence electrons. The van der Waals surface area contributed by atoms with Crippen LogP contribution in [0.1, 0.15) is 40.0 Å². The molecular weight excluding hydrogens is 196 g/mol. The molecule has 2 heteroatoms. The summed E-state index contributed by atoms with van der Waals surface area (Å²) in [6, 6.07) is 1.01. The second kappa shape index (κ2) is 4.15. The Labute approximate surface area is 99.9 Å². The predicted octanol–water partition coefficient (Wildman–Crippen LogP) is 2.40. The largest absolute Gasteiger partial charge is 0.327 e. The van der Waals surface area contributed by atoms with Gasteiger partial charge >= 0.3 is 0 Å². The van der Waals surface area contributed by atoms with Gasteiger partial charge in [-0.3, -0.25) is 0 Å². The predicted molar refractivity (Wildman–Crippen MR) is 69.3 cm³/mol. The van der Waals surface area contributed by atoms with Crippen LogP contribution in [0.15, 0.2) is 12.2 Å². The van der Waals surface area contributed by atoms with Gasteiger partial charge in [-0.25, -0.2) is 0 Å². The van der Waals surface area contributed by atoms with E-state index in [1.54, 1.807) is 0 Å². The van der Waals surface area contributed by atoms with Crippen LogP contribution in [0.3, 0.4) is 0 Å². The number of rotatable bonds is 1. The first-order valence-corrected chi connectivity index (χ1v) is 6.65. The van der Waals surface area contributed by atoms with E-state index in [2.05, 4.69) is 32.3 Å². The van der Waals surface area contributed by atoms with Crippen LogP contribution in [0.4, 0.5) is 0 Å². The SMILES string of the molecule is C=C1CC(C)[C@@H](N)C12CCN(C(C)C)CC2. The fourth-order valence-electron chi connectivity index (χ4n) is 3.63. The van der Waals surface area contributed by atoms with Crippen LogP contribution in [-0.2, 0) is 0 Å². The van der Waals surface area contributed by atoms with E-state index in [-0.39, 0.29) is 5.41 Å². The summed E-state index contributed by atoms with van der Waals surface area (Å²) in [5.74, 6) is 0.623. The van der Waals surface area contributed by atoms with Gasteiger partial charge in [0.1, 0.15) is 0 Å². The second-order valence-corrected chi connectivity index (χ2v) is 6.10. The minimum Gasteiger partial charge on any atom is -0.327 e. The van der Waals surface area contributed by atoms with Crippen molar-refractivity contribution in [2.75, 3.05) is 13.1 Å². The summed E-state index contributed by atoms with van der Waals surface area (Å²) in [6.45, 7) is 13.5. The van der Waals surface area contributed by atoms with Gasteiger partial charge in [0.25, 0.3) is 0 Å². The molecule has 0 aromatic rings. The van der Waals surface area contributed by atoms with Gasteiger partial charge in [0.15, 0.2) is 0 Å².